The number of β-amino-alcohol motifs (C(OH)–C–C–N with tert-alkyl or cyclic N) is 1. The van der Waals surface area contributed by atoms with Gasteiger partial charge in [0.05, 0.1) is 6.61 Å². The third-order valence-corrected chi connectivity index (χ3v) is 3.35. The van der Waals surface area contributed by atoms with E-state index in [0.717, 1.165) is 56.5 Å². The molecule has 0 amide bonds. The molecule has 2 heterocycles. The summed E-state index contributed by atoms with van der Waals surface area (Å²) in [5.74, 6) is 1.89. The smallest absolute Gasteiger partial charge is 0.132 e. The Morgan fingerprint density at radius 2 is 1.94 bits per heavy atom. The van der Waals surface area contributed by atoms with Crippen molar-refractivity contribution >= 4 is 5.82 Å². The SMILES string of the molecule is CCc1cc(N2CCN(CCO)CC2)nc(C)n1. The summed E-state index contributed by atoms with van der Waals surface area (Å²) < 4.78 is 0. The average molecular weight is 250 g/mol. The summed E-state index contributed by atoms with van der Waals surface area (Å²) in [4.78, 5) is 13.5. The maximum atomic E-state index is 8.93. The van der Waals surface area contributed by atoms with Crippen molar-refractivity contribution in [1.82, 2.24) is 14.9 Å². The molecule has 0 aliphatic carbocycles. The van der Waals surface area contributed by atoms with Gasteiger partial charge in [-0.15, -0.1) is 0 Å². The lowest BCUT2D eigenvalue weighted by Crippen LogP contribution is -2.47. The van der Waals surface area contributed by atoms with Gasteiger partial charge in [0.2, 0.25) is 0 Å². The molecule has 1 aliphatic rings. The Morgan fingerprint density at radius 3 is 2.56 bits per heavy atom. The van der Waals surface area contributed by atoms with Crippen LogP contribution in [0.5, 0.6) is 0 Å². The first-order valence-electron chi connectivity index (χ1n) is 6.65. The maximum absolute atomic E-state index is 8.93. The molecule has 0 spiro atoms. The lowest BCUT2D eigenvalue weighted by atomic mass is 10.2. The van der Waals surface area contributed by atoms with Crippen LogP contribution >= 0.6 is 0 Å². The van der Waals surface area contributed by atoms with Gasteiger partial charge in [-0.25, -0.2) is 9.97 Å². The molecule has 0 bridgehead atoms. The van der Waals surface area contributed by atoms with E-state index < -0.39 is 0 Å². The molecule has 0 aromatic carbocycles. The number of aliphatic hydroxyl groups is 1. The summed E-state index contributed by atoms with van der Waals surface area (Å²) in [5.41, 5.74) is 1.11. The third-order valence-electron chi connectivity index (χ3n) is 3.35. The number of aryl methyl sites for hydroxylation is 2. The molecule has 0 atom stereocenters. The van der Waals surface area contributed by atoms with Crippen molar-refractivity contribution in [2.75, 3.05) is 44.2 Å². The minimum atomic E-state index is 0.243. The van der Waals surface area contributed by atoms with Crippen molar-refractivity contribution in [3.63, 3.8) is 0 Å². The van der Waals surface area contributed by atoms with Gasteiger partial charge in [0, 0.05) is 44.5 Å². The van der Waals surface area contributed by atoms with Gasteiger partial charge < -0.3 is 10.0 Å². The van der Waals surface area contributed by atoms with Gasteiger partial charge in [0.25, 0.3) is 0 Å². The number of aromatic nitrogens is 2. The first-order valence-corrected chi connectivity index (χ1v) is 6.65. The lowest BCUT2D eigenvalue weighted by molar-refractivity contribution is 0.188. The Bertz CT molecular complexity index is 389. The molecule has 100 valence electrons. The Morgan fingerprint density at radius 1 is 1.22 bits per heavy atom. The van der Waals surface area contributed by atoms with Crippen LogP contribution in [-0.2, 0) is 6.42 Å². The van der Waals surface area contributed by atoms with E-state index in [2.05, 4.69) is 32.8 Å². The predicted molar refractivity (Wildman–Crippen MR) is 71.9 cm³/mol. The second kappa shape index (κ2) is 6.11. The van der Waals surface area contributed by atoms with Crippen molar-refractivity contribution in [3.8, 4) is 0 Å². The predicted octanol–water partition coefficient (Wildman–Crippen LogP) is 0.462. The van der Waals surface area contributed by atoms with Gasteiger partial charge in [-0.1, -0.05) is 6.92 Å². The first-order chi connectivity index (χ1) is 8.72. The average Bonchev–Trinajstić information content (AvgIpc) is 2.39. The highest BCUT2D eigenvalue weighted by Crippen LogP contribution is 2.15. The van der Waals surface area contributed by atoms with E-state index in [-0.39, 0.29) is 6.61 Å². The van der Waals surface area contributed by atoms with Crippen LogP contribution in [0.25, 0.3) is 0 Å². The van der Waals surface area contributed by atoms with E-state index in [1.165, 1.54) is 0 Å². The molecule has 5 heteroatoms. The van der Waals surface area contributed by atoms with Gasteiger partial charge in [-0.05, 0) is 13.3 Å². The highest BCUT2D eigenvalue weighted by Gasteiger charge is 2.18. The minimum absolute atomic E-state index is 0.243. The van der Waals surface area contributed by atoms with Gasteiger partial charge in [0.15, 0.2) is 0 Å². The number of rotatable bonds is 4. The van der Waals surface area contributed by atoms with E-state index in [1.807, 2.05) is 6.92 Å². The van der Waals surface area contributed by atoms with Gasteiger partial charge in [0.1, 0.15) is 11.6 Å². The van der Waals surface area contributed by atoms with Crippen molar-refractivity contribution in [2.24, 2.45) is 0 Å². The van der Waals surface area contributed by atoms with Crippen LogP contribution in [0.2, 0.25) is 0 Å². The van der Waals surface area contributed by atoms with Gasteiger partial charge in [-0.2, -0.15) is 0 Å². The quantitative estimate of drug-likeness (QED) is 0.841. The number of hydrogen-bond donors (Lipinski definition) is 1. The van der Waals surface area contributed by atoms with Crippen LogP contribution in [0.3, 0.4) is 0 Å². The van der Waals surface area contributed by atoms with Crippen molar-refractivity contribution < 1.29 is 5.11 Å². The summed E-state index contributed by atoms with van der Waals surface area (Å²) in [6.45, 7) is 9.01. The fourth-order valence-corrected chi connectivity index (χ4v) is 2.30. The molecule has 1 aliphatic heterocycles. The van der Waals surface area contributed by atoms with E-state index in [4.69, 9.17) is 5.11 Å². The molecule has 5 nitrogen and oxygen atoms in total. The topological polar surface area (TPSA) is 52.5 Å². The largest absolute Gasteiger partial charge is 0.395 e. The van der Waals surface area contributed by atoms with Gasteiger partial charge in [-0.3, -0.25) is 4.90 Å². The number of piperazine rings is 1. The maximum Gasteiger partial charge on any atom is 0.132 e. The van der Waals surface area contributed by atoms with Crippen molar-refractivity contribution in [3.05, 3.63) is 17.6 Å². The number of hydrogen-bond acceptors (Lipinski definition) is 5. The number of anilines is 1. The van der Waals surface area contributed by atoms with Crippen molar-refractivity contribution in [1.29, 1.82) is 0 Å². The fourth-order valence-electron chi connectivity index (χ4n) is 2.30. The molecule has 18 heavy (non-hydrogen) atoms. The van der Waals surface area contributed by atoms with Crippen LogP contribution in [0, 0.1) is 6.92 Å². The second-order valence-electron chi connectivity index (χ2n) is 4.67. The molecule has 1 N–H and O–H groups in total. The molecule has 0 radical (unpaired) electrons. The van der Waals surface area contributed by atoms with Crippen LogP contribution in [-0.4, -0.2) is 59.3 Å². The van der Waals surface area contributed by atoms with Crippen LogP contribution in [0.15, 0.2) is 6.07 Å². The molecule has 1 aromatic heterocycles. The van der Waals surface area contributed by atoms with E-state index in [0.29, 0.717) is 0 Å². The van der Waals surface area contributed by atoms with Crippen LogP contribution in [0.4, 0.5) is 5.82 Å². The molecule has 1 fully saturated rings. The number of nitrogens with zero attached hydrogens (tertiary/aromatic N) is 4. The van der Waals surface area contributed by atoms with E-state index in [9.17, 15) is 0 Å². The molecule has 1 aromatic rings. The minimum Gasteiger partial charge on any atom is -0.395 e. The van der Waals surface area contributed by atoms with E-state index >= 15 is 0 Å². The number of aliphatic hydroxyl groups excluding tert-OH is 1. The Balaban J connectivity index is 2.02. The lowest BCUT2D eigenvalue weighted by Gasteiger charge is -2.35. The Labute approximate surface area is 108 Å². The highest BCUT2D eigenvalue weighted by atomic mass is 16.3. The van der Waals surface area contributed by atoms with Crippen LogP contribution < -0.4 is 4.90 Å². The third kappa shape index (κ3) is 3.17. The molecular formula is C13H22N4O. The van der Waals surface area contributed by atoms with Crippen LogP contribution in [0.1, 0.15) is 18.4 Å². The van der Waals surface area contributed by atoms with Gasteiger partial charge >= 0.3 is 0 Å². The molecule has 1 saturated heterocycles. The fraction of sp³-hybridized carbons (Fsp3) is 0.692. The standard InChI is InChI=1S/C13H22N4O/c1-3-12-10-13(15-11(2)14-12)17-6-4-16(5-7-17)8-9-18/h10,18H,3-9H2,1-2H3. The summed E-state index contributed by atoms with van der Waals surface area (Å²) in [5, 5.41) is 8.93. The zero-order chi connectivity index (χ0) is 13.0. The molecule has 2 rings (SSSR count). The Kier molecular flexibility index (Phi) is 4.49. The normalized spacial score (nSPS) is 17.2. The summed E-state index contributed by atoms with van der Waals surface area (Å²) >= 11 is 0. The molecule has 0 unspecified atom stereocenters. The Hall–Kier alpha value is -1.20. The summed E-state index contributed by atoms with van der Waals surface area (Å²) in [7, 11) is 0. The zero-order valence-electron chi connectivity index (χ0n) is 11.3. The molecular weight excluding hydrogens is 228 g/mol. The first kappa shape index (κ1) is 13.2. The second-order valence-corrected chi connectivity index (χ2v) is 4.67. The summed E-state index contributed by atoms with van der Waals surface area (Å²) in [6.07, 6.45) is 0.945. The van der Waals surface area contributed by atoms with E-state index in [1.54, 1.807) is 0 Å². The van der Waals surface area contributed by atoms with Crippen molar-refractivity contribution in [2.45, 2.75) is 20.3 Å². The zero-order valence-corrected chi connectivity index (χ0v) is 11.3. The highest BCUT2D eigenvalue weighted by molar-refractivity contribution is 5.40. The molecule has 0 saturated carbocycles. The summed E-state index contributed by atoms with van der Waals surface area (Å²) in [6, 6.07) is 2.09. The monoisotopic (exact) mass is 250 g/mol.